The minimum absolute atomic E-state index is 0.0334. The molecule has 2 aromatic rings. The van der Waals surface area contributed by atoms with Gasteiger partial charge >= 0.3 is 0 Å². The second kappa shape index (κ2) is 5.69. The van der Waals surface area contributed by atoms with Crippen LogP contribution < -0.4 is 4.74 Å². The molecule has 0 amide bonds. The van der Waals surface area contributed by atoms with Crippen LogP contribution >= 0.6 is 0 Å². The number of nitriles is 2. The van der Waals surface area contributed by atoms with E-state index in [1.165, 1.54) is 0 Å². The first-order valence-electron chi connectivity index (χ1n) is 6.66. The first kappa shape index (κ1) is 14.6. The molecule has 0 fully saturated rings. The molecular formula is C18H16N2O. The maximum Gasteiger partial charge on any atom is 0.130 e. The molecule has 0 aliphatic rings. The van der Waals surface area contributed by atoms with Crippen molar-refractivity contribution in [3.8, 4) is 23.6 Å². The molecule has 0 spiro atoms. The molecule has 0 atom stereocenters. The molecule has 0 saturated carbocycles. The van der Waals surface area contributed by atoms with Crippen LogP contribution in [0.25, 0.3) is 0 Å². The van der Waals surface area contributed by atoms with Gasteiger partial charge in [0.05, 0.1) is 23.3 Å². The van der Waals surface area contributed by atoms with E-state index in [9.17, 15) is 0 Å². The minimum Gasteiger partial charge on any atom is -0.457 e. The van der Waals surface area contributed by atoms with Crippen molar-refractivity contribution in [3.05, 3.63) is 59.2 Å². The second-order valence-corrected chi connectivity index (χ2v) is 5.85. The fourth-order valence-electron chi connectivity index (χ4n) is 1.95. The van der Waals surface area contributed by atoms with E-state index >= 15 is 0 Å². The van der Waals surface area contributed by atoms with Crippen molar-refractivity contribution in [2.24, 2.45) is 0 Å². The first-order valence-corrected chi connectivity index (χ1v) is 6.66. The van der Waals surface area contributed by atoms with Crippen LogP contribution in [-0.4, -0.2) is 0 Å². The Balaban J connectivity index is 2.35. The van der Waals surface area contributed by atoms with Crippen LogP contribution in [0.1, 0.15) is 37.5 Å². The van der Waals surface area contributed by atoms with Crippen LogP contribution in [0.15, 0.2) is 42.5 Å². The number of hydrogen-bond donors (Lipinski definition) is 0. The van der Waals surface area contributed by atoms with Gasteiger partial charge in [0.1, 0.15) is 11.5 Å². The Morgan fingerprint density at radius 1 is 0.857 bits per heavy atom. The topological polar surface area (TPSA) is 56.8 Å². The van der Waals surface area contributed by atoms with E-state index in [-0.39, 0.29) is 5.41 Å². The second-order valence-electron chi connectivity index (χ2n) is 5.85. The summed E-state index contributed by atoms with van der Waals surface area (Å²) in [5.41, 5.74) is 2.02. The van der Waals surface area contributed by atoms with Crippen molar-refractivity contribution < 1.29 is 4.74 Å². The van der Waals surface area contributed by atoms with Gasteiger partial charge in [0, 0.05) is 0 Å². The van der Waals surface area contributed by atoms with Crippen LogP contribution in [-0.2, 0) is 5.41 Å². The normalized spacial score (nSPS) is 10.5. The number of ether oxygens (including phenoxy) is 1. The summed E-state index contributed by atoms with van der Waals surface area (Å²) in [6.07, 6.45) is 0. The molecule has 0 bridgehead atoms. The summed E-state index contributed by atoms with van der Waals surface area (Å²) in [5, 5.41) is 18.0. The summed E-state index contributed by atoms with van der Waals surface area (Å²) in [7, 11) is 0. The predicted octanol–water partition coefficient (Wildman–Crippen LogP) is 4.52. The lowest BCUT2D eigenvalue weighted by Crippen LogP contribution is -2.10. The van der Waals surface area contributed by atoms with Crippen LogP contribution in [0.2, 0.25) is 0 Å². The maximum absolute atomic E-state index is 8.98. The lowest BCUT2D eigenvalue weighted by atomic mass is 9.87. The third-order valence-corrected chi connectivity index (χ3v) is 3.10. The third-order valence-electron chi connectivity index (χ3n) is 3.10. The zero-order valence-electron chi connectivity index (χ0n) is 12.3. The van der Waals surface area contributed by atoms with Gasteiger partial charge in [0.15, 0.2) is 0 Å². The number of nitrogens with zero attached hydrogens (tertiary/aromatic N) is 2. The summed E-state index contributed by atoms with van der Waals surface area (Å²) < 4.78 is 5.80. The predicted molar refractivity (Wildman–Crippen MR) is 81.1 cm³/mol. The fourth-order valence-corrected chi connectivity index (χ4v) is 1.95. The van der Waals surface area contributed by atoms with E-state index in [1.54, 1.807) is 18.2 Å². The Hall–Kier alpha value is -2.78. The van der Waals surface area contributed by atoms with Crippen molar-refractivity contribution in [1.29, 1.82) is 10.5 Å². The van der Waals surface area contributed by atoms with Gasteiger partial charge in [0.2, 0.25) is 0 Å². The number of hydrogen-bond acceptors (Lipinski definition) is 3. The monoisotopic (exact) mass is 276 g/mol. The molecule has 0 aromatic heterocycles. The molecule has 104 valence electrons. The summed E-state index contributed by atoms with van der Waals surface area (Å²) in [5.74, 6) is 1.19. The van der Waals surface area contributed by atoms with Crippen LogP contribution in [0, 0.1) is 22.7 Å². The SMILES string of the molecule is CC(C)(C)c1cccc(Oc2cc(C#N)cc(C#N)c2)c1. The highest BCUT2D eigenvalue weighted by Gasteiger charge is 2.14. The van der Waals surface area contributed by atoms with Gasteiger partial charge in [-0.15, -0.1) is 0 Å². The summed E-state index contributed by atoms with van der Waals surface area (Å²) in [6.45, 7) is 6.41. The maximum atomic E-state index is 8.98. The van der Waals surface area contributed by atoms with Crippen LogP contribution in [0.3, 0.4) is 0 Å². The standard InChI is InChI=1S/C18H16N2O/c1-18(2,3)15-5-4-6-16(10-15)21-17-8-13(11-19)7-14(9-17)12-20/h4-10H,1-3H3. The number of rotatable bonds is 2. The lowest BCUT2D eigenvalue weighted by Gasteiger charge is -2.19. The van der Waals surface area contributed by atoms with Gasteiger partial charge in [-0.25, -0.2) is 0 Å². The molecule has 0 unspecified atom stereocenters. The molecule has 0 aliphatic heterocycles. The average molecular weight is 276 g/mol. The van der Waals surface area contributed by atoms with Gasteiger partial charge in [-0.2, -0.15) is 10.5 Å². The average Bonchev–Trinajstić information content (AvgIpc) is 2.46. The van der Waals surface area contributed by atoms with Crippen molar-refractivity contribution in [3.63, 3.8) is 0 Å². The van der Waals surface area contributed by atoms with Crippen molar-refractivity contribution in [2.45, 2.75) is 26.2 Å². The Bertz CT molecular complexity index is 711. The van der Waals surface area contributed by atoms with E-state index in [0.29, 0.717) is 22.6 Å². The van der Waals surface area contributed by atoms with E-state index in [2.05, 4.69) is 26.8 Å². The molecule has 0 saturated heterocycles. The van der Waals surface area contributed by atoms with Gasteiger partial charge < -0.3 is 4.74 Å². The molecule has 2 aromatic carbocycles. The Morgan fingerprint density at radius 3 is 2.00 bits per heavy atom. The lowest BCUT2D eigenvalue weighted by molar-refractivity contribution is 0.478. The smallest absolute Gasteiger partial charge is 0.130 e. The Kier molecular flexibility index (Phi) is 3.96. The Morgan fingerprint density at radius 2 is 1.48 bits per heavy atom. The van der Waals surface area contributed by atoms with Gasteiger partial charge in [0.25, 0.3) is 0 Å². The summed E-state index contributed by atoms with van der Waals surface area (Å²) >= 11 is 0. The van der Waals surface area contributed by atoms with E-state index in [1.807, 2.05) is 30.3 Å². The van der Waals surface area contributed by atoms with Crippen molar-refractivity contribution in [1.82, 2.24) is 0 Å². The van der Waals surface area contributed by atoms with Gasteiger partial charge in [-0.05, 0) is 41.3 Å². The molecular weight excluding hydrogens is 260 g/mol. The molecule has 3 heteroatoms. The zero-order valence-corrected chi connectivity index (χ0v) is 12.3. The van der Waals surface area contributed by atoms with E-state index < -0.39 is 0 Å². The molecule has 3 nitrogen and oxygen atoms in total. The summed E-state index contributed by atoms with van der Waals surface area (Å²) in [6, 6.07) is 16.7. The fraction of sp³-hybridized carbons (Fsp3) is 0.222. The molecule has 0 radical (unpaired) electrons. The first-order chi connectivity index (χ1) is 9.92. The molecule has 0 heterocycles. The minimum atomic E-state index is 0.0334. The number of benzene rings is 2. The zero-order chi connectivity index (χ0) is 15.5. The van der Waals surface area contributed by atoms with E-state index in [4.69, 9.17) is 15.3 Å². The van der Waals surface area contributed by atoms with Gasteiger partial charge in [-0.1, -0.05) is 32.9 Å². The van der Waals surface area contributed by atoms with E-state index in [0.717, 1.165) is 5.56 Å². The van der Waals surface area contributed by atoms with Crippen LogP contribution in [0.5, 0.6) is 11.5 Å². The van der Waals surface area contributed by atoms with Gasteiger partial charge in [-0.3, -0.25) is 0 Å². The highest BCUT2D eigenvalue weighted by Crippen LogP contribution is 2.29. The molecule has 0 N–H and O–H groups in total. The largest absolute Gasteiger partial charge is 0.457 e. The van der Waals surface area contributed by atoms with Crippen LogP contribution in [0.4, 0.5) is 0 Å². The molecule has 2 rings (SSSR count). The van der Waals surface area contributed by atoms with Crippen molar-refractivity contribution in [2.75, 3.05) is 0 Å². The quantitative estimate of drug-likeness (QED) is 0.810. The highest BCUT2D eigenvalue weighted by atomic mass is 16.5. The Labute approximate surface area is 125 Å². The highest BCUT2D eigenvalue weighted by molar-refractivity contribution is 5.47. The molecule has 21 heavy (non-hydrogen) atoms. The third kappa shape index (κ3) is 3.61. The molecule has 0 aliphatic carbocycles. The summed E-state index contributed by atoms with van der Waals surface area (Å²) in [4.78, 5) is 0. The van der Waals surface area contributed by atoms with Crippen molar-refractivity contribution >= 4 is 0 Å².